The van der Waals surface area contributed by atoms with Crippen LogP contribution < -0.4 is 5.32 Å². The highest BCUT2D eigenvalue weighted by Gasteiger charge is 2.51. The maximum Gasteiger partial charge on any atom is 0.246 e. The summed E-state index contributed by atoms with van der Waals surface area (Å²) >= 11 is 0. The van der Waals surface area contributed by atoms with Crippen molar-refractivity contribution < 1.29 is 14.3 Å². The highest BCUT2D eigenvalue weighted by atomic mass is 16.5. The van der Waals surface area contributed by atoms with Gasteiger partial charge in [-0.1, -0.05) is 13.8 Å². The third-order valence-corrected chi connectivity index (χ3v) is 4.73. The number of carbonyl (C=O) groups is 2. The number of piperazine rings is 1. The molecule has 5 heteroatoms. The van der Waals surface area contributed by atoms with Crippen molar-refractivity contribution in [1.82, 2.24) is 10.2 Å². The van der Waals surface area contributed by atoms with Gasteiger partial charge in [-0.15, -0.1) is 0 Å². The van der Waals surface area contributed by atoms with Gasteiger partial charge in [0, 0.05) is 6.61 Å². The van der Waals surface area contributed by atoms with E-state index in [4.69, 9.17) is 4.74 Å². The van der Waals surface area contributed by atoms with Crippen LogP contribution in [0.2, 0.25) is 0 Å². The first-order valence-electron chi connectivity index (χ1n) is 7.52. The van der Waals surface area contributed by atoms with E-state index in [9.17, 15) is 9.59 Å². The van der Waals surface area contributed by atoms with Crippen LogP contribution in [0.4, 0.5) is 0 Å². The van der Waals surface area contributed by atoms with E-state index in [0.29, 0.717) is 18.9 Å². The van der Waals surface area contributed by atoms with Gasteiger partial charge in [0.15, 0.2) is 0 Å². The lowest BCUT2D eigenvalue weighted by molar-refractivity contribution is -0.158. The summed E-state index contributed by atoms with van der Waals surface area (Å²) in [5.41, 5.74) is -0.385. The zero-order chi connectivity index (χ0) is 15.1. The van der Waals surface area contributed by atoms with Crippen LogP contribution in [0.5, 0.6) is 0 Å². The molecule has 4 unspecified atom stereocenters. The van der Waals surface area contributed by atoms with E-state index in [1.807, 2.05) is 13.8 Å². The number of hydrogen-bond acceptors (Lipinski definition) is 3. The second kappa shape index (κ2) is 5.35. The lowest BCUT2D eigenvalue weighted by Crippen LogP contribution is -2.69. The van der Waals surface area contributed by atoms with Crippen molar-refractivity contribution >= 4 is 11.8 Å². The molecule has 2 heterocycles. The van der Waals surface area contributed by atoms with Gasteiger partial charge in [0.2, 0.25) is 11.8 Å². The Kier molecular flexibility index (Phi) is 4.09. The summed E-state index contributed by atoms with van der Waals surface area (Å²) in [7, 11) is 0. The molecule has 0 aliphatic carbocycles. The number of ether oxygens (including phenoxy) is 1. The van der Waals surface area contributed by atoms with Crippen LogP contribution in [0.15, 0.2) is 0 Å². The maximum absolute atomic E-state index is 12.8. The lowest BCUT2D eigenvalue weighted by atomic mass is 9.87. The van der Waals surface area contributed by atoms with Gasteiger partial charge in [-0.25, -0.2) is 0 Å². The smallest absolute Gasteiger partial charge is 0.246 e. The van der Waals surface area contributed by atoms with Crippen molar-refractivity contribution in [3.63, 3.8) is 0 Å². The number of rotatable bonds is 3. The molecule has 5 nitrogen and oxygen atoms in total. The van der Waals surface area contributed by atoms with E-state index >= 15 is 0 Å². The Balaban J connectivity index is 2.29. The first-order valence-corrected chi connectivity index (χ1v) is 7.52. The molecular formula is C15H26N2O3. The second-order valence-electron chi connectivity index (χ2n) is 6.70. The fraction of sp³-hybridized carbons (Fsp3) is 0.867. The molecule has 2 saturated heterocycles. The van der Waals surface area contributed by atoms with Crippen molar-refractivity contribution in [3.8, 4) is 0 Å². The Morgan fingerprint density at radius 2 is 2.05 bits per heavy atom. The molecular weight excluding hydrogens is 256 g/mol. The van der Waals surface area contributed by atoms with Gasteiger partial charge in [0.25, 0.3) is 0 Å². The average Bonchev–Trinajstić information content (AvgIpc) is 2.67. The summed E-state index contributed by atoms with van der Waals surface area (Å²) in [6, 6.07) is -0.830. The van der Waals surface area contributed by atoms with Crippen molar-refractivity contribution in [2.75, 3.05) is 6.61 Å². The predicted molar refractivity (Wildman–Crippen MR) is 76.1 cm³/mol. The quantitative estimate of drug-likeness (QED) is 0.849. The van der Waals surface area contributed by atoms with Crippen molar-refractivity contribution in [2.24, 2.45) is 5.92 Å². The summed E-state index contributed by atoms with van der Waals surface area (Å²) < 4.78 is 5.64. The first-order chi connectivity index (χ1) is 9.27. The van der Waals surface area contributed by atoms with Crippen molar-refractivity contribution in [2.45, 2.75) is 71.2 Å². The zero-order valence-corrected chi connectivity index (χ0v) is 13.1. The number of amides is 2. The topological polar surface area (TPSA) is 58.6 Å². The van der Waals surface area contributed by atoms with E-state index in [1.54, 1.807) is 11.8 Å². The summed E-state index contributed by atoms with van der Waals surface area (Å²) in [5.74, 6) is 0.339. The number of hydrogen-bond donors (Lipinski definition) is 1. The van der Waals surface area contributed by atoms with Gasteiger partial charge in [0.1, 0.15) is 12.1 Å². The fourth-order valence-corrected chi connectivity index (χ4v) is 3.30. The third-order valence-electron chi connectivity index (χ3n) is 4.73. The van der Waals surface area contributed by atoms with Gasteiger partial charge in [-0.2, -0.15) is 0 Å². The third kappa shape index (κ3) is 2.43. The van der Waals surface area contributed by atoms with E-state index in [0.717, 1.165) is 6.42 Å². The number of nitrogens with zero attached hydrogens (tertiary/aromatic N) is 1. The van der Waals surface area contributed by atoms with Crippen molar-refractivity contribution in [3.05, 3.63) is 0 Å². The van der Waals surface area contributed by atoms with Crippen molar-refractivity contribution in [1.29, 1.82) is 0 Å². The van der Waals surface area contributed by atoms with Crippen LogP contribution in [-0.4, -0.2) is 47.0 Å². The number of carbonyl (C=O) groups excluding carboxylic acids is 2. The standard InChI is InChI=1S/C15H26N2O3/c1-9(2)8-12-14(19)17(10(3)13(18)16-12)15(5)6-7-20-11(15)4/h9-12H,6-8H2,1-5H3,(H,16,18). The Hall–Kier alpha value is -1.10. The second-order valence-corrected chi connectivity index (χ2v) is 6.70. The van der Waals surface area contributed by atoms with Crippen LogP contribution in [-0.2, 0) is 14.3 Å². The lowest BCUT2D eigenvalue weighted by Gasteiger charge is -2.48. The molecule has 0 spiro atoms. The number of nitrogens with one attached hydrogen (secondary N) is 1. The van der Waals surface area contributed by atoms with Gasteiger partial charge < -0.3 is 15.0 Å². The summed E-state index contributed by atoms with van der Waals surface area (Å²) in [5, 5.41) is 2.86. The Morgan fingerprint density at radius 1 is 1.40 bits per heavy atom. The van der Waals surface area contributed by atoms with Crippen LogP contribution in [0.25, 0.3) is 0 Å². The van der Waals surface area contributed by atoms with Crippen LogP contribution in [0.3, 0.4) is 0 Å². The molecule has 1 N–H and O–H groups in total. The monoisotopic (exact) mass is 282 g/mol. The van der Waals surface area contributed by atoms with E-state index < -0.39 is 12.1 Å². The zero-order valence-electron chi connectivity index (χ0n) is 13.1. The highest BCUT2D eigenvalue weighted by molar-refractivity contribution is 5.97. The van der Waals surface area contributed by atoms with Crippen LogP contribution >= 0.6 is 0 Å². The molecule has 114 valence electrons. The van der Waals surface area contributed by atoms with Crippen LogP contribution in [0.1, 0.15) is 47.5 Å². The normalized spacial score (nSPS) is 38.5. The molecule has 4 atom stereocenters. The Bertz CT molecular complexity index is 410. The van der Waals surface area contributed by atoms with E-state index in [-0.39, 0.29) is 23.5 Å². The molecule has 0 bridgehead atoms. The molecule has 20 heavy (non-hydrogen) atoms. The van der Waals surface area contributed by atoms with E-state index in [2.05, 4.69) is 19.2 Å². The average molecular weight is 282 g/mol. The SMILES string of the molecule is CC(C)CC1NC(=O)C(C)N(C2(C)CCOC2C)C1=O. The van der Waals surface area contributed by atoms with Gasteiger partial charge in [-0.05, 0) is 39.5 Å². The molecule has 2 amide bonds. The Morgan fingerprint density at radius 3 is 2.55 bits per heavy atom. The molecule has 2 aliphatic rings. The van der Waals surface area contributed by atoms with Gasteiger partial charge in [0.05, 0.1) is 11.6 Å². The Labute approximate surface area is 121 Å². The summed E-state index contributed by atoms with van der Waals surface area (Å²) in [4.78, 5) is 26.8. The molecule has 0 aromatic carbocycles. The molecule has 0 saturated carbocycles. The minimum absolute atomic E-state index is 0.0330. The molecule has 0 radical (unpaired) electrons. The summed E-state index contributed by atoms with van der Waals surface area (Å²) in [6.07, 6.45) is 1.42. The molecule has 0 aromatic heterocycles. The molecule has 0 aromatic rings. The highest BCUT2D eigenvalue weighted by Crippen LogP contribution is 2.35. The minimum Gasteiger partial charge on any atom is -0.376 e. The van der Waals surface area contributed by atoms with Gasteiger partial charge in [-0.3, -0.25) is 9.59 Å². The predicted octanol–water partition coefficient (Wildman–Crippen LogP) is 1.32. The van der Waals surface area contributed by atoms with Crippen LogP contribution in [0, 0.1) is 5.92 Å². The fourth-order valence-electron chi connectivity index (χ4n) is 3.30. The molecule has 2 aliphatic heterocycles. The summed E-state index contributed by atoms with van der Waals surface area (Å²) in [6.45, 7) is 10.6. The molecule has 2 fully saturated rings. The van der Waals surface area contributed by atoms with Gasteiger partial charge >= 0.3 is 0 Å². The molecule has 2 rings (SSSR count). The van der Waals surface area contributed by atoms with E-state index in [1.165, 1.54) is 0 Å². The minimum atomic E-state index is -0.430. The first kappa shape index (κ1) is 15.3. The largest absolute Gasteiger partial charge is 0.376 e. The maximum atomic E-state index is 12.8.